The van der Waals surface area contributed by atoms with Crippen LogP contribution in [0.1, 0.15) is 99.8 Å². The Balaban J connectivity index is 0.000000132. The molecule has 0 amide bonds. The van der Waals surface area contributed by atoms with Gasteiger partial charge in [0, 0.05) is 30.6 Å². The highest BCUT2D eigenvalue weighted by Crippen LogP contribution is 2.62. The molecule has 8 saturated heterocycles. The molecule has 228 valence electrons. The summed E-state index contributed by atoms with van der Waals surface area (Å²) in [5.74, 6) is 1.87. The Kier molecular flexibility index (Phi) is 6.80. The van der Waals surface area contributed by atoms with E-state index in [4.69, 9.17) is 38.5 Å². The predicted octanol–water partition coefficient (Wildman–Crippen LogP) is 5.44. The number of rotatable bonds is 0. The first-order valence-electron chi connectivity index (χ1n) is 16.0. The zero-order valence-electron chi connectivity index (χ0n) is 25.3. The van der Waals surface area contributed by atoms with Gasteiger partial charge in [-0.3, -0.25) is 0 Å². The molecule has 0 aromatic carbocycles. The van der Waals surface area contributed by atoms with Gasteiger partial charge in [0.25, 0.3) is 0 Å². The third kappa shape index (κ3) is 3.91. The maximum atomic E-state index is 10.2. The molecule has 2 spiro atoms. The second kappa shape index (κ2) is 9.57. The van der Waals surface area contributed by atoms with Crippen LogP contribution in [-0.2, 0) is 38.5 Å². The second-order valence-electron chi connectivity index (χ2n) is 14.9. The van der Waals surface area contributed by atoms with Crippen molar-refractivity contribution in [2.24, 2.45) is 47.3 Å². The molecule has 0 radical (unpaired) electrons. The van der Waals surface area contributed by atoms with E-state index in [1.807, 2.05) is 20.8 Å². The monoisotopic (exact) mass is 566 g/mol. The van der Waals surface area contributed by atoms with Crippen molar-refractivity contribution in [3.8, 4) is 0 Å². The maximum absolute atomic E-state index is 10.2. The van der Waals surface area contributed by atoms with Crippen LogP contribution < -0.4 is 0 Å². The fourth-order valence-electron chi connectivity index (χ4n) is 9.97. The van der Waals surface area contributed by atoms with Gasteiger partial charge in [-0.1, -0.05) is 27.7 Å². The van der Waals surface area contributed by atoms with E-state index < -0.39 is 29.8 Å². The molecule has 1 N–H and O–H groups in total. The molecule has 8 aliphatic heterocycles. The van der Waals surface area contributed by atoms with Gasteiger partial charge in [-0.15, -0.1) is 0 Å². The number of hydrogen-bond donors (Lipinski definition) is 1. The summed E-state index contributed by atoms with van der Waals surface area (Å²) in [5.41, 5.74) is -0.939. The van der Waals surface area contributed by atoms with Crippen molar-refractivity contribution < 1.29 is 43.6 Å². The molecular formula is C31H50O9. The van der Waals surface area contributed by atoms with Gasteiger partial charge in [0.05, 0.1) is 6.10 Å². The lowest BCUT2D eigenvalue weighted by Gasteiger charge is -2.60. The van der Waals surface area contributed by atoms with Crippen molar-refractivity contribution >= 4 is 0 Å². The third-order valence-corrected chi connectivity index (χ3v) is 12.6. The molecule has 2 saturated carbocycles. The van der Waals surface area contributed by atoms with Crippen LogP contribution in [0.2, 0.25) is 0 Å². The highest BCUT2D eigenvalue weighted by Gasteiger charge is 2.70. The van der Waals surface area contributed by atoms with E-state index >= 15 is 0 Å². The van der Waals surface area contributed by atoms with Crippen LogP contribution in [0, 0.1) is 47.3 Å². The molecule has 9 nitrogen and oxygen atoms in total. The number of hydrogen-bond acceptors (Lipinski definition) is 9. The van der Waals surface area contributed by atoms with Gasteiger partial charge in [0.2, 0.25) is 11.6 Å². The molecule has 8 heterocycles. The SMILES string of the molecule is C[C@H]1[C@H](C)O[C@@H]2O[C@]3(C)CC[C@H]4[C@H](C)CC[C@@H]1[C@@]24OO3.C[C@H]1[C@H](O)O[C@@H]2O[C@]3(C)CC[C@H]4[C@H](C)CC[C@@H]1[C@@]24OO3. The summed E-state index contributed by atoms with van der Waals surface area (Å²) in [4.78, 5) is 23.4. The fourth-order valence-corrected chi connectivity index (χ4v) is 9.97. The van der Waals surface area contributed by atoms with E-state index in [-0.39, 0.29) is 29.8 Å². The minimum Gasteiger partial charge on any atom is -0.368 e. The van der Waals surface area contributed by atoms with Gasteiger partial charge in [0.1, 0.15) is 0 Å². The molecule has 9 heteroatoms. The zero-order valence-corrected chi connectivity index (χ0v) is 25.3. The van der Waals surface area contributed by atoms with Crippen LogP contribution in [0.25, 0.3) is 0 Å². The summed E-state index contributed by atoms with van der Waals surface area (Å²) in [6.45, 7) is 15.0. The van der Waals surface area contributed by atoms with Crippen molar-refractivity contribution in [3.05, 3.63) is 0 Å². The minimum atomic E-state index is -0.781. The second-order valence-corrected chi connectivity index (χ2v) is 14.9. The van der Waals surface area contributed by atoms with E-state index in [2.05, 4.69) is 27.7 Å². The first kappa shape index (κ1) is 28.4. The van der Waals surface area contributed by atoms with Crippen LogP contribution >= 0.6 is 0 Å². The molecular weight excluding hydrogens is 516 g/mol. The minimum absolute atomic E-state index is 0.0379. The van der Waals surface area contributed by atoms with E-state index in [0.29, 0.717) is 35.5 Å². The third-order valence-electron chi connectivity index (χ3n) is 12.6. The Morgan fingerprint density at radius 2 is 1.02 bits per heavy atom. The molecule has 10 aliphatic rings. The van der Waals surface area contributed by atoms with Crippen LogP contribution in [-0.4, -0.2) is 52.9 Å². The lowest BCUT2D eigenvalue weighted by molar-refractivity contribution is -0.576. The summed E-state index contributed by atoms with van der Waals surface area (Å²) in [7, 11) is 0. The van der Waals surface area contributed by atoms with Crippen molar-refractivity contribution in [2.75, 3.05) is 0 Å². The van der Waals surface area contributed by atoms with Gasteiger partial charge in [-0.25, -0.2) is 19.6 Å². The molecule has 0 aromatic rings. The normalized spacial score (nSPS) is 61.8. The molecule has 4 bridgehead atoms. The first-order chi connectivity index (χ1) is 18.9. The van der Waals surface area contributed by atoms with Crippen molar-refractivity contribution in [1.29, 1.82) is 0 Å². The molecule has 2 aliphatic carbocycles. The molecule has 0 unspecified atom stereocenters. The van der Waals surface area contributed by atoms with Gasteiger partial charge in [-0.05, 0) is 88.9 Å². The topological polar surface area (TPSA) is 94.1 Å². The lowest BCUT2D eigenvalue weighted by atomic mass is 9.57. The average Bonchev–Trinajstić information content (AvgIpc) is 3.28. The van der Waals surface area contributed by atoms with Gasteiger partial charge >= 0.3 is 0 Å². The van der Waals surface area contributed by atoms with Gasteiger partial charge in [0.15, 0.2) is 30.1 Å². The van der Waals surface area contributed by atoms with Crippen LogP contribution in [0.5, 0.6) is 0 Å². The summed E-state index contributed by atoms with van der Waals surface area (Å²) in [6.07, 6.45) is 7.13. The Bertz CT molecular complexity index is 896. The van der Waals surface area contributed by atoms with E-state index in [1.165, 1.54) is 19.3 Å². The number of aliphatic hydroxyl groups excluding tert-OH is 1. The van der Waals surface area contributed by atoms with Crippen molar-refractivity contribution in [1.82, 2.24) is 0 Å². The Labute approximate surface area is 238 Å². The molecule has 10 rings (SSSR count). The predicted molar refractivity (Wildman–Crippen MR) is 142 cm³/mol. The summed E-state index contributed by atoms with van der Waals surface area (Å²) < 4.78 is 24.3. The Morgan fingerprint density at radius 1 is 0.550 bits per heavy atom. The smallest absolute Gasteiger partial charge is 0.201 e. The molecule has 16 atom stereocenters. The number of fused-ring (bicyclic) bond motifs is 4. The summed E-state index contributed by atoms with van der Waals surface area (Å²) in [5, 5.41) is 10.2. The summed E-state index contributed by atoms with van der Waals surface area (Å²) in [6, 6.07) is 0. The number of ether oxygens (including phenoxy) is 4. The van der Waals surface area contributed by atoms with Gasteiger partial charge in [-0.2, -0.15) is 0 Å². The van der Waals surface area contributed by atoms with E-state index in [1.54, 1.807) is 0 Å². The van der Waals surface area contributed by atoms with E-state index in [0.717, 1.165) is 32.1 Å². The number of aliphatic hydroxyl groups is 1. The standard InChI is InChI=1S/C16H26O4.C15H24O5/c1-9-5-6-13-10(2)11(3)17-14-16(13)12(9)7-8-15(4,18-14)19-20-16;1-8-4-5-11-9(2)12(16)17-13-15(11)10(8)6-7-14(3,18-13)19-20-15/h9-14H,5-8H2,1-4H3;8-13,16H,4-7H2,1-3H3/t9-,10+,11+,12+,13+,14-,15+,16-;8-,9-,10+,11+,12-,13-,14+,15-/m11/s1. The maximum Gasteiger partial charge on any atom is 0.201 e. The molecule has 40 heavy (non-hydrogen) atoms. The van der Waals surface area contributed by atoms with Gasteiger partial charge < -0.3 is 24.1 Å². The lowest BCUT2D eigenvalue weighted by Crippen LogP contribution is -2.70. The van der Waals surface area contributed by atoms with E-state index in [9.17, 15) is 5.11 Å². The quantitative estimate of drug-likeness (QED) is 0.385. The van der Waals surface area contributed by atoms with Crippen LogP contribution in [0.15, 0.2) is 0 Å². The Morgan fingerprint density at radius 3 is 1.55 bits per heavy atom. The largest absolute Gasteiger partial charge is 0.368 e. The molecule has 0 aromatic heterocycles. The summed E-state index contributed by atoms with van der Waals surface area (Å²) >= 11 is 0. The zero-order chi connectivity index (χ0) is 28.2. The van der Waals surface area contributed by atoms with Crippen molar-refractivity contribution in [3.63, 3.8) is 0 Å². The van der Waals surface area contributed by atoms with Crippen LogP contribution in [0.4, 0.5) is 0 Å². The highest BCUT2D eigenvalue weighted by atomic mass is 17.3. The van der Waals surface area contributed by atoms with Crippen LogP contribution in [0.3, 0.4) is 0 Å². The Hall–Kier alpha value is -0.360. The van der Waals surface area contributed by atoms with Crippen molar-refractivity contribution in [2.45, 2.75) is 148 Å². The first-order valence-corrected chi connectivity index (χ1v) is 16.0. The molecule has 10 fully saturated rings. The average molecular weight is 567 g/mol. The fraction of sp³-hybridized carbons (Fsp3) is 1.00. The highest BCUT2D eigenvalue weighted by molar-refractivity contribution is 5.10.